The van der Waals surface area contributed by atoms with E-state index in [0.717, 1.165) is 32.3 Å². The number of hydrogen-bond donors (Lipinski definition) is 3. The van der Waals surface area contributed by atoms with E-state index in [-0.39, 0.29) is 0 Å². The Morgan fingerprint density at radius 3 is 2.84 bits per heavy atom. The van der Waals surface area contributed by atoms with Crippen LogP contribution in [0.25, 0.3) is 10.9 Å². The van der Waals surface area contributed by atoms with E-state index >= 15 is 0 Å². The molecule has 0 saturated heterocycles. The summed E-state index contributed by atoms with van der Waals surface area (Å²) in [5.74, 6) is -0.116. The van der Waals surface area contributed by atoms with Crippen molar-refractivity contribution in [1.82, 2.24) is 10.3 Å². The van der Waals surface area contributed by atoms with Crippen LogP contribution in [0.1, 0.15) is 11.1 Å². The maximum atomic E-state index is 11.6. The van der Waals surface area contributed by atoms with E-state index in [1.807, 2.05) is 48.7 Å². The van der Waals surface area contributed by atoms with Gasteiger partial charge in [-0.05, 0) is 45.3 Å². The molecule has 25 heavy (non-hydrogen) atoms. The fourth-order valence-corrected chi connectivity index (χ4v) is 3.42. The largest absolute Gasteiger partial charge is 0.496 e. The predicted octanol–water partition coefficient (Wildman–Crippen LogP) is 3.72. The molecule has 0 aliphatic carbocycles. The standard InChI is InChI=1S/C19H19BrN2O3/c1-25-18-7-6-12(8-15(18)20)10-21-17(19(23)24)9-13-11-22-16-5-3-2-4-14(13)16/h2-8,11,17,21-22H,9-10H2,1H3,(H,23,24)/t17-/m1/s1. The van der Waals surface area contributed by atoms with Crippen LogP contribution in [0.15, 0.2) is 53.1 Å². The molecule has 2 aromatic carbocycles. The second-order valence-electron chi connectivity index (χ2n) is 5.80. The first-order valence-corrected chi connectivity index (χ1v) is 8.71. The van der Waals surface area contributed by atoms with Crippen molar-refractivity contribution >= 4 is 32.8 Å². The van der Waals surface area contributed by atoms with Crippen molar-refractivity contribution in [2.24, 2.45) is 0 Å². The number of carbonyl (C=O) groups is 1. The summed E-state index contributed by atoms with van der Waals surface area (Å²) in [6.45, 7) is 0.460. The van der Waals surface area contributed by atoms with Crippen LogP contribution in [0.2, 0.25) is 0 Å². The van der Waals surface area contributed by atoms with Gasteiger partial charge in [-0.1, -0.05) is 24.3 Å². The molecule has 0 aliphatic rings. The molecule has 6 heteroatoms. The second kappa shape index (κ2) is 7.72. The van der Waals surface area contributed by atoms with E-state index in [1.165, 1.54) is 0 Å². The van der Waals surface area contributed by atoms with Gasteiger partial charge in [0.1, 0.15) is 11.8 Å². The third-order valence-electron chi connectivity index (χ3n) is 4.17. The topological polar surface area (TPSA) is 74.3 Å². The van der Waals surface area contributed by atoms with Crippen LogP contribution in [0.4, 0.5) is 0 Å². The highest BCUT2D eigenvalue weighted by Gasteiger charge is 2.19. The number of para-hydroxylation sites is 1. The van der Waals surface area contributed by atoms with Crippen molar-refractivity contribution < 1.29 is 14.6 Å². The summed E-state index contributed by atoms with van der Waals surface area (Å²) in [6, 6.07) is 12.9. The molecule has 3 rings (SSSR count). The van der Waals surface area contributed by atoms with E-state index in [9.17, 15) is 9.90 Å². The highest BCUT2D eigenvalue weighted by molar-refractivity contribution is 9.10. The highest BCUT2D eigenvalue weighted by atomic mass is 79.9. The number of carboxylic acid groups (broad SMARTS) is 1. The molecule has 1 aromatic heterocycles. The normalized spacial score (nSPS) is 12.2. The molecule has 0 spiro atoms. The number of carboxylic acids is 1. The first-order valence-electron chi connectivity index (χ1n) is 7.92. The lowest BCUT2D eigenvalue weighted by atomic mass is 10.0. The van der Waals surface area contributed by atoms with Gasteiger partial charge in [0.2, 0.25) is 0 Å². The summed E-state index contributed by atoms with van der Waals surface area (Å²) in [6.07, 6.45) is 2.29. The van der Waals surface area contributed by atoms with Crippen molar-refractivity contribution in [2.75, 3.05) is 7.11 Å². The predicted molar refractivity (Wildman–Crippen MR) is 101 cm³/mol. The van der Waals surface area contributed by atoms with Gasteiger partial charge >= 0.3 is 5.97 Å². The number of rotatable bonds is 7. The number of nitrogens with one attached hydrogen (secondary N) is 2. The number of aromatic amines is 1. The third-order valence-corrected chi connectivity index (χ3v) is 4.79. The number of ether oxygens (including phenoxy) is 1. The van der Waals surface area contributed by atoms with Crippen LogP contribution in [0.3, 0.4) is 0 Å². The molecule has 0 bridgehead atoms. The Bertz CT molecular complexity index is 891. The van der Waals surface area contributed by atoms with Gasteiger partial charge in [0, 0.05) is 30.1 Å². The lowest BCUT2D eigenvalue weighted by Crippen LogP contribution is -2.38. The van der Waals surface area contributed by atoms with Gasteiger partial charge in [-0.2, -0.15) is 0 Å². The molecule has 1 atom stereocenters. The Kier molecular flexibility index (Phi) is 5.40. The minimum absolute atomic E-state index is 0.413. The van der Waals surface area contributed by atoms with Crippen LogP contribution in [0, 0.1) is 0 Å². The molecular weight excluding hydrogens is 384 g/mol. The molecule has 0 aliphatic heterocycles. The highest BCUT2D eigenvalue weighted by Crippen LogP contribution is 2.25. The Morgan fingerprint density at radius 1 is 1.32 bits per heavy atom. The molecule has 3 aromatic rings. The maximum absolute atomic E-state index is 11.6. The van der Waals surface area contributed by atoms with Gasteiger partial charge < -0.3 is 20.1 Å². The molecule has 0 fully saturated rings. The zero-order valence-electron chi connectivity index (χ0n) is 13.8. The number of fused-ring (bicyclic) bond motifs is 1. The van der Waals surface area contributed by atoms with E-state index in [1.54, 1.807) is 7.11 Å². The van der Waals surface area contributed by atoms with Crippen LogP contribution >= 0.6 is 15.9 Å². The Hall–Kier alpha value is -2.31. The van der Waals surface area contributed by atoms with Gasteiger partial charge in [0.25, 0.3) is 0 Å². The van der Waals surface area contributed by atoms with Crippen molar-refractivity contribution in [3.05, 3.63) is 64.3 Å². The quantitative estimate of drug-likeness (QED) is 0.562. The van der Waals surface area contributed by atoms with Crippen molar-refractivity contribution in [2.45, 2.75) is 19.0 Å². The molecular formula is C19H19BrN2O3. The van der Waals surface area contributed by atoms with Crippen LogP contribution in [0.5, 0.6) is 5.75 Å². The lowest BCUT2D eigenvalue weighted by molar-refractivity contribution is -0.139. The number of hydrogen-bond acceptors (Lipinski definition) is 3. The number of H-pyrrole nitrogens is 1. The zero-order chi connectivity index (χ0) is 17.8. The summed E-state index contributed by atoms with van der Waals surface area (Å²) in [4.78, 5) is 14.8. The van der Waals surface area contributed by atoms with Crippen molar-refractivity contribution in [3.8, 4) is 5.75 Å². The average molecular weight is 403 g/mol. The summed E-state index contributed by atoms with van der Waals surface area (Å²) in [5.41, 5.74) is 2.99. The van der Waals surface area contributed by atoms with Crippen LogP contribution in [-0.4, -0.2) is 29.2 Å². The number of aromatic nitrogens is 1. The van der Waals surface area contributed by atoms with Crippen LogP contribution in [-0.2, 0) is 17.8 Å². The average Bonchev–Trinajstić information content (AvgIpc) is 3.01. The SMILES string of the molecule is COc1ccc(CN[C@H](Cc2c[nH]c3ccccc23)C(=O)O)cc1Br. The van der Waals surface area contributed by atoms with E-state index < -0.39 is 12.0 Å². The fraction of sp³-hybridized carbons (Fsp3) is 0.211. The van der Waals surface area contributed by atoms with Crippen molar-refractivity contribution in [1.29, 1.82) is 0 Å². The lowest BCUT2D eigenvalue weighted by Gasteiger charge is -2.15. The Labute approximate surface area is 154 Å². The van der Waals surface area contributed by atoms with E-state index in [2.05, 4.69) is 26.2 Å². The van der Waals surface area contributed by atoms with Gasteiger partial charge in [0.15, 0.2) is 0 Å². The monoisotopic (exact) mass is 402 g/mol. The molecule has 5 nitrogen and oxygen atoms in total. The number of aliphatic carboxylic acids is 1. The second-order valence-corrected chi connectivity index (χ2v) is 6.66. The summed E-state index contributed by atoms with van der Waals surface area (Å²) >= 11 is 3.45. The van der Waals surface area contributed by atoms with E-state index in [4.69, 9.17) is 4.74 Å². The summed E-state index contributed by atoms with van der Waals surface area (Å²) < 4.78 is 6.06. The number of benzene rings is 2. The minimum Gasteiger partial charge on any atom is -0.496 e. The van der Waals surface area contributed by atoms with E-state index in [0.29, 0.717) is 13.0 Å². The molecule has 3 N–H and O–H groups in total. The number of halogens is 1. The first-order chi connectivity index (χ1) is 12.1. The number of methoxy groups -OCH3 is 1. The smallest absolute Gasteiger partial charge is 0.321 e. The third kappa shape index (κ3) is 4.03. The molecule has 0 amide bonds. The van der Waals surface area contributed by atoms with Gasteiger partial charge in [0.05, 0.1) is 11.6 Å². The molecule has 0 saturated carbocycles. The summed E-state index contributed by atoms with van der Waals surface area (Å²) in [7, 11) is 1.61. The van der Waals surface area contributed by atoms with Crippen LogP contribution < -0.4 is 10.1 Å². The maximum Gasteiger partial charge on any atom is 0.321 e. The Balaban J connectivity index is 1.71. The van der Waals surface area contributed by atoms with Gasteiger partial charge in [-0.15, -0.1) is 0 Å². The summed E-state index contributed by atoms with van der Waals surface area (Å²) in [5, 5.41) is 13.7. The minimum atomic E-state index is -0.863. The molecule has 130 valence electrons. The molecule has 1 heterocycles. The zero-order valence-corrected chi connectivity index (χ0v) is 15.3. The first kappa shape index (κ1) is 17.5. The fourth-order valence-electron chi connectivity index (χ4n) is 2.83. The molecule has 0 radical (unpaired) electrons. The molecule has 0 unspecified atom stereocenters. The van der Waals surface area contributed by atoms with Gasteiger partial charge in [-0.3, -0.25) is 4.79 Å². The van der Waals surface area contributed by atoms with Gasteiger partial charge in [-0.25, -0.2) is 0 Å². The van der Waals surface area contributed by atoms with Crippen molar-refractivity contribution in [3.63, 3.8) is 0 Å². The Morgan fingerprint density at radius 2 is 2.12 bits per heavy atom.